The molecular formula is C55H41F3N4O8. The Labute approximate surface area is 398 Å². The summed E-state index contributed by atoms with van der Waals surface area (Å²) >= 11 is 0. The van der Waals surface area contributed by atoms with Gasteiger partial charge in [0.1, 0.15) is 5.41 Å². The van der Waals surface area contributed by atoms with Crippen LogP contribution in [0.2, 0.25) is 0 Å². The molecule has 0 radical (unpaired) electrons. The van der Waals surface area contributed by atoms with Crippen molar-refractivity contribution in [3.8, 4) is 11.1 Å². The molecule has 12 nitrogen and oxygen atoms in total. The maximum atomic E-state index is 15.3. The van der Waals surface area contributed by atoms with Crippen molar-refractivity contribution in [2.45, 2.75) is 67.0 Å². The molecule has 0 saturated carbocycles. The zero-order valence-corrected chi connectivity index (χ0v) is 39.3. The molecule has 8 amide bonds. The molecule has 0 aromatic heterocycles. The second kappa shape index (κ2) is 15.1. The molecule has 0 fully saturated rings. The SMILES string of the molecule is Cc1cc(C)c(N2C(=O)c3ccc(-c4ccc5c(c4)C(=O)N(c4c(C)cc(C)c(N6C(=O)c7ccc([C@@](C)(c8ccc9c(c8)C(=O)N(C)C9=O)C(F)(F)F)cc7C6=O)c4C)C5=O)cc3C2=O)c(C)c1C. The number of aryl methyl sites for hydroxylation is 4. The normalized spacial score (nSPS) is 16.2. The highest BCUT2D eigenvalue weighted by Gasteiger charge is 2.55. The summed E-state index contributed by atoms with van der Waals surface area (Å²) in [6.07, 6.45) is -4.99. The molecule has 0 unspecified atom stereocenters. The van der Waals surface area contributed by atoms with Gasteiger partial charge in [-0.25, -0.2) is 14.7 Å². The fourth-order valence-electron chi connectivity index (χ4n) is 10.6. The van der Waals surface area contributed by atoms with Crippen LogP contribution in [0, 0.1) is 48.5 Å². The van der Waals surface area contributed by atoms with E-state index in [4.69, 9.17) is 0 Å². The van der Waals surface area contributed by atoms with E-state index in [-0.39, 0.29) is 67.0 Å². The number of rotatable bonds is 6. The third-order valence-corrected chi connectivity index (χ3v) is 14.7. The van der Waals surface area contributed by atoms with Gasteiger partial charge in [-0.05, 0) is 165 Å². The molecule has 0 N–H and O–H groups in total. The van der Waals surface area contributed by atoms with Gasteiger partial charge in [-0.3, -0.25) is 43.3 Å². The molecule has 4 aliphatic heterocycles. The Morgan fingerprint density at radius 1 is 0.357 bits per heavy atom. The van der Waals surface area contributed by atoms with E-state index in [2.05, 4.69) is 0 Å². The molecule has 15 heteroatoms. The highest BCUT2D eigenvalue weighted by molar-refractivity contribution is 6.38. The first kappa shape index (κ1) is 45.5. The summed E-state index contributed by atoms with van der Waals surface area (Å²) in [5.74, 6) is -5.52. The molecule has 0 spiro atoms. The van der Waals surface area contributed by atoms with Gasteiger partial charge in [-0.15, -0.1) is 0 Å². The van der Waals surface area contributed by atoms with E-state index in [0.717, 1.165) is 74.2 Å². The summed E-state index contributed by atoms with van der Waals surface area (Å²) in [5, 5.41) is 0. The number of halogens is 3. The number of anilines is 3. The number of carbonyl (C=O) groups is 8. The van der Waals surface area contributed by atoms with Gasteiger partial charge in [0.2, 0.25) is 0 Å². The minimum absolute atomic E-state index is 0.0349. The van der Waals surface area contributed by atoms with Crippen LogP contribution in [0.5, 0.6) is 0 Å². The molecule has 6 aromatic rings. The van der Waals surface area contributed by atoms with E-state index in [0.29, 0.717) is 27.9 Å². The lowest BCUT2D eigenvalue weighted by molar-refractivity contribution is -0.173. The predicted molar refractivity (Wildman–Crippen MR) is 253 cm³/mol. The Hall–Kier alpha value is -8.33. The zero-order valence-electron chi connectivity index (χ0n) is 39.3. The topological polar surface area (TPSA) is 150 Å². The van der Waals surface area contributed by atoms with E-state index < -0.39 is 64.4 Å². The molecule has 6 aromatic carbocycles. The fraction of sp³-hybridized carbons (Fsp3) is 0.200. The van der Waals surface area contributed by atoms with Gasteiger partial charge in [-0.1, -0.05) is 36.4 Å². The average molecular weight is 943 g/mol. The maximum absolute atomic E-state index is 15.3. The van der Waals surface area contributed by atoms with E-state index in [1.165, 1.54) is 30.1 Å². The number of hydrogen-bond donors (Lipinski definition) is 0. The van der Waals surface area contributed by atoms with E-state index in [9.17, 15) is 38.4 Å². The highest BCUT2D eigenvalue weighted by atomic mass is 19.4. The molecule has 4 aliphatic rings. The summed E-state index contributed by atoms with van der Waals surface area (Å²) in [6.45, 7) is 13.3. The summed E-state index contributed by atoms with van der Waals surface area (Å²) in [6, 6.07) is 19.6. The summed E-state index contributed by atoms with van der Waals surface area (Å²) in [7, 11) is 1.23. The van der Waals surface area contributed by atoms with Crippen molar-refractivity contribution in [3.05, 3.63) is 180 Å². The van der Waals surface area contributed by atoms with Gasteiger partial charge in [0.15, 0.2) is 0 Å². The number of amides is 8. The van der Waals surface area contributed by atoms with Gasteiger partial charge in [-0.2, -0.15) is 13.2 Å². The van der Waals surface area contributed by atoms with Crippen molar-refractivity contribution < 1.29 is 51.5 Å². The summed E-state index contributed by atoms with van der Waals surface area (Å²) in [4.78, 5) is 114. The summed E-state index contributed by atoms with van der Waals surface area (Å²) < 4.78 is 46.0. The summed E-state index contributed by atoms with van der Waals surface area (Å²) in [5.41, 5.74) is 2.53. The van der Waals surface area contributed by atoms with Crippen molar-refractivity contribution in [2.75, 3.05) is 21.7 Å². The average Bonchev–Trinajstić information content (AvgIpc) is 3.90. The smallest absolute Gasteiger partial charge is 0.277 e. The molecular weight excluding hydrogens is 902 g/mol. The van der Waals surface area contributed by atoms with Crippen LogP contribution >= 0.6 is 0 Å². The first-order valence-electron chi connectivity index (χ1n) is 22.2. The lowest BCUT2D eigenvalue weighted by Gasteiger charge is -2.33. The third-order valence-electron chi connectivity index (χ3n) is 14.7. The van der Waals surface area contributed by atoms with E-state index in [1.54, 1.807) is 51.1 Å². The van der Waals surface area contributed by atoms with Crippen LogP contribution in [0.4, 0.5) is 30.2 Å². The Morgan fingerprint density at radius 3 is 1.09 bits per heavy atom. The molecule has 0 aliphatic carbocycles. The Balaban J connectivity index is 0.977. The number of hydrogen-bond acceptors (Lipinski definition) is 8. The van der Waals surface area contributed by atoms with Gasteiger partial charge in [0, 0.05) is 7.05 Å². The zero-order chi connectivity index (χ0) is 50.5. The van der Waals surface area contributed by atoms with Gasteiger partial charge >= 0.3 is 6.18 Å². The number of fused-ring (bicyclic) bond motifs is 4. The quantitative estimate of drug-likeness (QED) is 0.150. The predicted octanol–water partition coefficient (Wildman–Crippen LogP) is 10.0. The third kappa shape index (κ3) is 6.02. The van der Waals surface area contributed by atoms with Crippen molar-refractivity contribution >= 4 is 64.3 Å². The van der Waals surface area contributed by atoms with Crippen LogP contribution in [-0.2, 0) is 5.41 Å². The molecule has 350 valence electrons. The molecule has 10 rings (SSSR count). The van der Waals surface area contributed by atoms with Crippen LogP contribution in [0.3, 0.4) is 0 Å². The minimum atomic E-state index is -4.99. The highest BCUT2D eigenvalue weighted by Crippen LogP contribution is 2.49. The standard InChI is InChI=1S/C55H41F3N4O8/c1-24-18-25(2)43(29(6)28(24)5)60-48(65)36-14-10-31(20-39(36)51(60)68)32-11-15-37-40(21-32)52(69)61(49(37)66)44-26(3)19-27(4)45(30(44)7)62-50(67)38-17-13-34(23-42(38)53(62)70)54(8,55(56,57)58)33-12-16-35-41(22-33)47(64)59(9)46(35)63/h10-23H,1-9H3/t54-/m1/s1. The molecule has 70 heavy (non-hydrogen) atoms. The number of alkyl halides is 3. The van der Waals surface area contributed by atoms with Crippen molar-refractivity contribution in [1.29, 1.82) is 0 Å². The Kier molecular flexibility index (Phi) is 9.79. The number of nitrogens with zero attached hydrogens (tertiary/aromatic N) is 4. The Morgan fingerprint density at radius 2 is 0.671 bits per heavy atom. The fourth-order valence-corrected chi connectivity index (χ4v) is 10.6. The van der Waals surface area contributed by atoms with Crippen LogP contribution in [-0.4, -0.2) is 65.4 Å². The number of imide groups is 4. The second-order valence-electron chi connectivity index (χ2n) is 18.6. The lowest BCUT2D eigenvalue weighted by atomic mass is 9.74. The lowest BCUT2D eigenvalue weighted by Crippen LogP contribution is -2.41. The van der Waals surface area contributed by atoms with Gasteiger partial charge in [0.05, 0.1) is 61.6 Å². The Bertz CT molecular complexity index is 3570. The molecule has 0 saturated heterocycles. The molecule has 4 heterocycles. The van der Waals surface area contributed by atoms with Crippen molar-refractivity contribution in [1.82, 2.24) is 4.90 Å². The van der Waals surface area contributed by atoms with E-state index >= 15 is 13.2 Å². The van der Waals surface area contributed by atoms with Crippen LogP contribution in [0.25, 0.3) is 11.1 Å². The second-order valence-corrected chi connectivity index (χ2v) is 18.6. The molecule has 1 atom stereocenters. The largest absolute Gasteiger partial charge is 0.402 e. The minimum Gasteiger partial charge on any atom is -0.277 e. The van der Waals surface area contributed by atoms with Crippen LogP contribution in [0.1, 0.15) is 140 Å². The first-order valence-corrected chi connectivity index (χ1v) is 22.2. The van der Waals surface area contributed by atoms with Crippen molar-refractivity contribution in [3.63, 3.8) is 0 Å². The van der Waals surface area contributed by atoms with E-state index in [1.807, 2.05) is 33.8 Å². The molecule has 0 bridgehead atoms. The maximum Gasteiger partial charge on any atom is 0.402 e. The monoisotopic (exact) mass is 942 g/mol. The van der Waals surface area contributed by atoms with Crippen LogP contribution in [0.15, 0.2) is 84.9 Å². The van der Waals surface area contributed by atoms with Gasteiger partial charge in [0.25, 0.3) is 47.3 Å². The number of carbonyl (C=O) groups excluding carboxylic acids is 8. The van der Waals surface area contributed by atoms with Crippen molar-refractivity contribution in [2.24, 2.45) is 0 Å². The van der Waals surface area contributed by atoms with Crippen LogP contribution < -0.4 is 14.7 Å². The number of benzene rings is 6. The van der Waals surface area contributed by atoms with Gasteiger partial charge < -0.3 is 0 Å². The first-order chi connectivity index (χ1) is 32.9.